The molecule has 0 saturated carbocycles. The highest BCUT2D eigenvalue weighted by Gasteiger charge is 2.30. The van der Waals surface area contributed by atoms with Gasteiger partial charge in [-0.2, -0.15) is 0 Å². The van der Waals surface area contributed by atoms with Gasteiger partial charge in [0.15, 0.2) is 0 Å². The molecule has 9 nitrogen and oxygen atoms in total. The number of oxime groups is 1. The van der Waals surface area contributed by atoms with Crippen LogP contribution in [0.4, 0.5) is 4.79 Å². The largest absolute Gasteiger partial charge is 0.480 e. The number of nitrogens with zero attached hydrogens (tertiary/aromatic N) is 1. The minimum atomic E-state index is -1.22. The van der Waals surface area contributed by atoms with Gasteiger partial charge in [0.25, 0.3) is 0 Å². The molecule has 0 spiro atoms. The number of amides is 2. The molecule has 0 fully saturated rings. The van der Waals surface area contributed by atoms with E-state index in [1.54, 1.807) is 20.8 Å². The molecule has 0 aromatic rings. The van der Waals surface area contributed by atoms with Crippen LogP contribution in [-0.4, -0.2) is 52.0 Å². The second-order valence-electron chi connectivity index (χ2n) is 6.40. The number of nitrogens with one attached hydrogen (secondary N) is 2. The van der Waals surface area contributed by atoms with Crippen LogP contribution in [0.25, 0.3) is 0 Å². The quantitative estimate of drug-likeness (QED) is 0.650. The van der Waals surface area contributed by atoms with Crippen molar-refractivity contribution in [3.63, 3.8) is 0 Å². The molecular formula is C14H22ClN3O6. The van der Waals surface area contributed by atoms with E-state index in [0.717, 1.165) is 0 Å². The average molecular weight is 364 g/mol. The number of carbonyl (C=O) groups excluding carboxylic acids is 2. The van der Waals surface area contributed by atoms with Crippen molar-refractivity contribution in [1.29, 1.82) is 0 Å². The van der Waals surface area contributed by atoms with Crippen molar-refractivity contribution in [2.45, 2.75) is 64.3 Å². The molecule has 0 aromatic carbocycles. The number of carbonyl (C=O) groups is 3. The fraction of sp³-hybridized carbons (Fsp3) is 0.714. The molecule has 24 heavy (non-hydrogen) atoms. The van der Waals surface area contributed by atoms with Crippen molar-refractivity contribution in [2.24, 2.45) is 5.16 Å². The number of carboxylic acid groups (broad SMARTS) is 1. The monoisotopic (exact) mass is 363 g/mol. The van der Waals surface area contributed by atoms with Gasteiger partial charge < -0.3 is 25.3 Å². The number of rotatable bonds is 6. The molecular weight excluding hydrogens is 342 g/mol. The highest BCUT2D eigenvalue weighted by molar-refractivity contribution is 6.65. The maximum absolute atomic E-state index is 12.1. The Labute approximate surface area is 144 Å². The molecule has 136 valence electrons. The van der Waals surface area contributed by atoms with Gasteiger partial charge in [0.2, 0.25) is 5.91 Å². The van der Waals surface area contributed by atoms with Crippen molar-refractivity contribution in [3.8, 4) is 0 Å². The summed E-state index contributed by atoms with van der Waals surface area (Å²) in [5.41, 5.74) is -0.705. The van der Waals surface area contributed by atoms with E-state index in [0.29, 0.717) is 0 Å². The molecule has 2 amide bonds. The minimum absolute atomic E-state index is 0.0000487. The van der Waals surface area contributed by atoms with Gasteiger partial charge in [-0.15, -0.1) is 0 Å². The Balaban J connectivity index is 2.52. The second-order valence-corrected chi connectivity index (χ2v) is 6.84. The van der Waals surface area contributed by atoms with Gasteiger partial charge in [-0.3, -0.25) is 4.79 Å². The zero-order valence-electron chi connectivity index (χ0n) is 14.0. The Morgan fingerprint density at radius 3 is 2.50 bits per heavy atom. The molecule has 1 heterocycles. The molecule has 0 radical (unpaired) electrons. The number of ether oxygens (including phenoxy) is 1. The third kappa shape index (κ3) is 7.03. The number of aliphatic carboxylic acids is 1. The summed E-state index contributed by atoms with van der Waals surface area (Å²) in [6.07, 6.45) is -1.00. The maximum atomic E-state index is 12.1. The van der Waals surface area contributed by atoms with Gasteiger partial charge in [-0.25, -0.2) is 9.59 Å². The van der Waals surface area contributed by atoms with Crippen molar-refractivity contribution >= 4 is 34.7 Å². The summed E-state index contributed by atoms with van der Waals surface area (Å²) in [5.74, 6) is -1.88. The fourth-order valence-electron chi connectivity index (χ4n) is 1.85. The summed E-state index contributed by atoms with van der Waals surface area (Å²) in [5, 5.41) is 17.7. The van der Waals surface area contributed by atoms with Crippen molar-refractivity contribution in [1.82, 2.24) is 10.6 Å². The number of hydrogen-bond acceptors (Lipinski definition) is 6. The lowest BCUT2D eigenvalue weighted by Crippen LogP contribution is -2.51. The van der Waals surface area contributed by atoms with Crippen LogP contribution in [0.5, 0.6) is 0 Å². The molecule has 0 bridgehead atoms. The molecule has 1 aliphatic rings. The first-order valence-corrected chi connectivity index (χ1v) is 7.76. The Kier molecular flexibility index (Phi) is 6.82. The van der Waals surface area contributed by atoms with Crippen LogP contribution in [0, 0.1) is 0 Å². The zero-order valence-corrected chi connectivity index (χ0v) is 14.7. The lowest BCUT2D eigenvalue weighted by atomic mass is 10.1. The van der Waals surface area contributed by atoms with Crippen LogP contribution < -0.4 is 10.6 Å². The van der Waals surface area contributed by atoms with E-state index in [9.17, 15) is 19.5 Å². The highest BCUT2D eigenvalue weighted by atomic mass is 35.5. The standard InChI is InChI=1S/C14H22ClN3O6/c1-7(16-13(22)23-14(2,3)4)11(19)17-9(12(20)21)5-8-6-10(15)18-24-8/h7-9H,5-6H2,1-4H3,(H,16,22)(H,17,19)(H,20,21)/t7-,8?,9-/m0/s1. The van der Waals surface area contributed by atoms with E-state index in [1.165, 1.54) is 6.92 Å². The van der Waals surface area contributed by atoms with Crippen molar-refractivity contribution in [2.75, 3.05) is 0 Å². The van der Waals surface area contributed by atoms with Crippen LogP contribution in [0.1, 0.15) is 40.5 Å². The second kappa shape index (κ2) is 8.18. The molecule has 3 N–H and O–H groups in total. The van der Waals surface area contributed by atoms with Gasteiger partial charge in [0.1, 0.15) is 29.0 Å². The first kappa shape index (κ1) is 20.0. The van der Waals surface area contributed by atoms with E-state index < -0.39 is 41.8 Å². The summed E-state index contributed by atoms with van der Waals surface area (Å²) < 4.78 is 5.03. The molecule has 0 aromatic heterocycles. The lowest BCUT2D eigenvalue weighted by Gasteiger charge is -2.23. The van der Waals surface area contributed by atoms with E-state index in [-0.39, 0.29) is 18.0 Å². The van der Waals surface area contributed by atoms with Gasteiger partial charge in [0.05, 0.1) is 0 Å². The third-order valence-electron chi connectivity index (χ3n) is 2.94. The molecule has 3 atom stereocenters. The molecule has 0 aliphatic carbocycles. The number of carboxylic acids is 1. The molecule has 0 saturated heterocycles. The van der Waals surface area contributed by atoms with Crippen molar-refractivity contribution < 1.29 is 29.1 Å². The summed E-state index contributed by atoms with van der Waals surface area (Å²) in [7, 11) is 0. The van der Waals surface area contributed by atoms with Crippen molar-refractivity contribution in [3.05, 3.63) is 0 Å². The van der Waals surface area contributed by atoms with Gasteiger partial charge >= 0.3 is 12.1 Å². The molecule has 1 aliphatic heterocycles. The maximum Gasteiger partial charge on any atom is 0.408 e. The lowest BCUT2D eigenvalue weighted by molar-refractivity contribution is -0.143. The predicted molar refractivity (Wildman–Crippen MR) is 85.8 cm³/mol. The van der Waals surface area contributed by atoms with Gasteiger partial charge in [-0.05, 0) is 27.7 Å². The predicted octanol–water partition coefficient (Wildman–Crippen LogP) is 1.20. The fourth-order valence-corrected chi connectivity index (χ4v) is 2.06. The highest BCUT2D eigenvalue weighted by Crippen LogP contribution is 2.17. The van der Waals surface area contributed by atoms with Gasteiger partial charge in [-0.1, -0.05) is 16.8 Å². The van der Waals surface area contributed by atoms with Gasteiger partial charge in [0, 0.05) is 12.8 Å². The Hall–Kier alpha value is -2.03. The first-order valence-electron chi connectivity index (χ1n) is 7.39. The molecule has 1 unspecified atom stereocenters. The van der Waals surface area contributed by atoms with E-state index >= 15 is 0 Å². The van der Waals surface area contributed by atoms with Crippen LogP contribution in [0.3, 0.4) is 0 Å². The molecule has 10 heteroatoms. The normalized spacial score (nSPS) is 19.5. The number of halogens is 1. The summed E-state index contributed by atoms with van der Waals surface area (Å²) in [6.45, 7) is 6.48. The van der Waals surface area contributed by atoms with Crippen LogP contribution in [0.15, 0.2) is 5.16 Å². The Morgan fingerprint density at radius 1 is 1.42 bits per heavy atom. The number of hydrogen-bond donors (Lipinski definition) is 3. The van der Waals surface area contributed by atoms with E-state index in [2.05, 4.69) is 15.8 Å². The first-order chi connectivity index (χ1) is 11.0. The Morgan fingerprint density at radius 2 is 2.04 bits per heavy atom. The zero-order chi connectivity index (χ0) is 18.5. The average Bonchev–Trinajstić information content (AvgIpc) is 2.80. The summed E-state index contributed by atoms with van der Waals surface area (Å²) >= 11 is 5.66. The van der Waals surface area contributed by atoms with Crippen LogP contribution >= 0.6 is 11.6 Å². The number of alkyl carbamates (subject to hydrolysis) is 1. The summed E-state index contributed by atoms with van der Waals surface area (Å²) in [6, 6.07) is -2.16. The SMILES string of the molecule is C[C@H](NC(=O)OC(C)(C)C)C(=O)N[C@@H](CC1CC(Cl)=NO1)C(=O)O. The van der Waals surface area contributed by atoms with Crippen LogP contribution in [0.2, 0.25) is 0 Å². The summed E-state index contributed by atoms with van der Waals surface area (Å²) in [4.78, 5) is 39.9. The van der Waals surface area contributed by atoms with Crippen LogP contribution in [-0.2, 0) is 19.2 Å². The smallest absolute Gasteiger partial charge is 0.408 e. The molecule has 1 rings (SSSR count). The van der Waals surface area contributed by atoms with E-state index in [4.69, 9.17) is 21.2 Å². The minimum Gasteiger partial charge on any atom is -0.480 e. The van der Waals surface area contributed by atoms with E-state index in [1.807, 2.05) is 0 Å². The third-order valence-corrected chi connectivity index (χ3v) is 3.16. The topological polar surface area (TPSA) is 126 Å². The Bertz CT molecular complexity index is 531.